The van der Waals surface area contributed by atoms with Crippen molar-refractivity contribution in [3.05, 3.63) is 59.6 Å². The van der Waals surface area contributed by atoms with E-state index in [9.17, 15) is 13.6 Å². The SMILES string of the molecule is CCN(C(=O)c1ccccc1-c1nnc(C)o1)[C@@H](C)COc1ccc(C(C)(F)F)cn1. The number of rotatable bonds is 8. The van der Waals surface area contributed by atoms with Crippen LogP contribution in [0.1, 0.15) is 42.6 Å². The minimum atomic E-state index is -2.96. The Bertz CT molecular complexity index is 1030. The van der Waals surface area contributed by atoms with E-state index in [0.717, 1.165) is 13.1 Å². The Hall–Kier alpha value is -3.36. The van der Waals surface area contributed by atoms with Crippen LogP contribution in [0.3, 0.4) is 0 Å². The second-order valence-corrected chi connectivity index (χ2v) is 7.20. The van der Waals surface area contributed by atoms with Crippen molar-refractivity contribution in [1.82, 2.24) is 20.1 Å². The molecule has 0 fully saturated rings. The number of aromatic nitrogens is 3. The number of hydrogen-bond acceptors (Lipinski definition) is 6. The first kappa shape index (κ1) is 22.3. The summed E-state index contributed by atoms with van der Waals surface area (Å²) in [4.78, 5) is 18.8. The molecule has 3 rings (SSSR count). The number of benzene rings is 1. The highest BCUT2D eigenvalue weighted by Gasteiger charge is 2.26. The van der Waals surface area contributed by atoms with Gasteiger partial charge in [0, 0.05) is 38.2 Å². The molecule has 1 atom stereocenters. The van der Waals surface area contributed by atoms with Crippen LogP contribution in [-0.2, 0) is 5.92 Å². The highest BCUT2D eigenvalue weighted by molar-refractivity contribution is 6.00. The van der Waals surface area contributed by atoms with E-state index in [1.54, 1.807) is 36.1 Å². The maximum absolute atomic E-state index is 13.3. The largest absolute Gasteiger partial charge is 0.475 e. The van der Waals surface area contributed by atoms with Crippen molar-refractivity contribution < 1.29 is 22.7 Å². The van der Waals surface area contributed by atoms with E-state index in [1.165, 1.54) is 12.1 Å². The number of carbonyl (C=O) groups excluding carboxylic acids is 1. The van der Waals surface area contributed by atoms with Crippen molar-refractivity contribution in [1.29, 1.82) is 0 Å². The average molecular weight is 430 g/mol. The lowest BCUT2D eigenvalue weighted by molar-refractivity contribution is 0.0169. The van der Waals surface area contributed by atoms with Crippen LogP contribution >= 0.6 is 0 Å². The second kappa shape index (κ2) is 9.20. The van der Waals surface area contributed by atoms with Gasteiger partial charge in [0.25, 0.3) is 11.8 Å². The Morgan fingerprint density at radius 3 is 2.55 bits per heavy atom. The lowest BCUT2D eigenvalue weighted by atomic mass is 10.1. The van der Waals surface area contributed by atoms with E-state index in [1.807, 2.05) is 13.8 Å². The summed E-state index contributed by atoms with van der Waals surface area (Å²) in [6.45, 7) is 6.79. The van der Waals surface area contributed by atoms with E-state index in [0.29, 0.717) is 23.6 Å². The predicted octanol–water partition coefficient (Wildman–Crippen LogP) is 4.48. The van der Waals surface area contributed by atoms with Crippen LogP contribution < -0.4 is 4.74 Å². The molecule has 9 heteroatoms. The molecule has 164 valence electrons. The van der Waals surface area contributed by atoms with Gasteiger partial charge in [0.2, 0.25) is 17.7 Å². The fourth-order valence-electron chi connectivity index (χ4n) is 3.09. The number of hydrogen-bond donors (Lipinski definition) is 0. The Kier molecular flexibility index (Phi) is 6.62. The first-order chi connectivity index (χ1) is 14.7. The van der Waals surface area contributed by atoms with Crippen LogP contribution in [0.4, 0.5) is 8.78 Å². The number of ether oxygens (including phenoxy) is 1. The molecule has 0 aliphatic carbocycles. The average Bonchev–Trinajstić information content (AvgIpc) is 3.18. The second-order valence-electron chi connectivity index (χ2n) is 7.20. The zero-order valence-corrected chi connectivity index (χ0v) is 17.8. The zero-order valence-electron chi connectivity index (χ0n) is 17.8. The van der Waals surface area contributed by atoms with Gasteiger partial charge in [-0.05, 0) is 32.0 Å². The molecule has 31 heavy (non-hydrogen) atoms. The number of alkyl halides is 2. The summed E-state index contributed by atoms with van der Waals surface area (Å²) in [5.41, 5.74) is 0.802. The summed E-state index contributed by atoms with van der Waals surface area (Å²) in [7, 11) is 0. The first-order valence-corrected chi connectivity index (χ1v) is 9.88. The highest BCUT2D eigenvalue weighted by atomic mass is 19.3. The molecule has 0 unspecified atom stereocenters. The van der Waals surface area contributed by atoms with Gasteiger partial charge in [-0.3, -0.25) is 4.79 Å². The molecule has 2 aromatic heterocycles. The molecule has 0 spiro atoms. The number of halogens is 2. The smallest absolute Gasteiger partial charge is 0.272 e. The molecule has 0 saturated carbocycles. The number of likely N-dealkylation sites (N-methyl/N-ethyl adjacent to an activating group) is 1. The fraction of sp³-hybridized carbons (Fsp3) is 0.364. The monoisotopic (exact) mass is 430 g/mol. The maximum atomic E-state index is 13.3. The quantitative estimate of drug-likeness (QED) is 0.524. The third-order valence-corrected chi connectivity index (χ3v) is 4.76. The minimum absolute atomic E-state index is 0.149. The summed E-state index contributed by atoms with van der Waals surface area (Å²) < 4.78 is 37.8. The molecule has 0 aliphatic rings. The van der Waals surface area contributed by atoms with Crippen LogP contribution in [-0.4, -0.2) is 45.2 Å². The standard InChI is InChI=1S/C22H24F2N4O3/c1-5-28(14(2)13-30-19-11-10-16(12-25-19)22(4,23)24)21(29)18-9-7-6-8-17(18)20-27-26-15(3)31-20/h6-12,14H,5,13H2,1-4H3/t14-/m0/s1. The topological polar surface area (TPSA) is 81.4 Å². The summed E-state index contributed by atoms with van der Waals surface area (Å²) in [5.74, 6) is -2.28. The van der Waals surface area contributed by atoms with Gasteiger partial charge in [-0.2, -0.15) is 0 Å². The van der Waals surface area contributed by atoms with E-state index in [2.05, 4.69) is 15.2 Å². The lowest BCUT2D eigenvalue weighted by Crippen LogP contribution is -2.42. The Balaban J connectivity index is 1.72. The molecule has 2 heterocycles. The first-order valence-electron chi connectivity index (χ1n) is 9.88. The third-order valence-electron chi connectivity index (χ3n) is 4.76. The molecule has 1 aromatic carbocycles. The van der Waals surface area contributed by atoms with Crippen LogP contribution in [0.25, 0.3) is 11.5 Å². The van der Waals surface area contributed by atoms with Gasteiger partial charge in [-0.15, -0.1) is 10.2 Å². The molecule has 0 bridgehead atoms. The van der Waals surface area contributed by atoms with Crippen LogP contribution in [0.15, 0.2) is 47.0 Å². The molecule has 3 aromatic rings. The van der Waals surface area contributed by atoms with Gasteiger partial charge < -0.3 is 14.1 Å². The Labute approximate surface area is 179 Å². The number of carbonyl (C=O) groups is 1. The molecule has 0 radical (unpaired) electrons. The van der Waals surface area contributed by atoms with Crippen molar-refractivity contribution in [2.24, 2.45) is 0 Å². The van der Waals surface area contributed by atoms with Gasteiger partial charge in [0.05, 0.1) is 17.2 Å². The van der Waals surface area contributed by atoms with Gasteiger partial charge in [-0.1, -0.05) is 12.1 Å². The minimum Gasteiger partial charge on any atom is -0.475 e. The number of nitrogens with zero attached hydrogens (tertiary/aromatic N) is 4. The molecule has 0 aliphatic heterocycles. The number of aryl methyl sites for hydroxylation is 1. The van der Waals surface area contributed by atoms with Crippen LogP contribution in [0, 0.1) is 6.92 Å². The molecular formula is C22H24F2N4O3. The summed E-state index contributed by atoms with van der Waals surface area (Å²) in [6.07, 6.45) is 1.09. The molecule has 7 nitrogen and oxygen atoms in total. The summed E-state index contributed by atoms with van der Waals surface area (Å²) >= 11 is 0. The Morgan fingerprint density at radius 2 is 1.97 bits per heavy atom. The summed E-state index contributed by atoms with van der Waals surface area (Å²) in [6, 6.07) is 9.39. The van der Waals surface area contributed by atoms with Gasteiger partial charge >= 0.3 is 0 Å². The normalized spacial score (nSPS) is 12.5. The van der Waals surface area contributed by atoms with Crippen molar-refractivity contribution >= 4 is 5.91 Å². The van der Waals surface area contributed by atoms with Crippen LogP contribution in [0.2, 0.25) is 0 Å². The number of pyridine rings is 1. The number of amides is 1. The van der Waals surface area contributed by atoms with E-state index >= 15 is 0 Å². The fourth-order valence-corrected chi connectivity index (χ4v) is 3.09. The molecular weight excluding hydrogens is 406 g/mol. The van der Waals surface area contributed by atoms with E-state index in [4.69, 9.17) is 9.15 Å². The van der Waals surface area contributed by atoms with Crippen molar-refractivity contribution in [2.75, 3.05) is 13.2 Å². The van der Waals surface area contributed by atoms with Gasteiger partial charge in [-0.25, -0.2) is 13.8 Å². The molecule has 1 amide bonds. The lowest BCUT2D eigenvalue weighted by Gasteiger charge is -2.28. The van der Waals surface area contributed by atoms with Crippen molar-refractivity contribution in [2.45, 2.75) is 39.7 Å². The van der Waals surface area contributed by atoms with Gasteiger partial charge in [0.1, 0.15) is 6.61 Å². The van der Waals surface area contributed by atoms with Crippen molar-refractivity contribution in [3.8, 4) is 17.3 Å². The van der Waals surface area contributed by atoms with Gasteiger partial charge in [0.15, 0.2) is 0 Å². The Morgan fingerprint density at radius 1 is 1.23 bits per heavy atom. The van der Waals surface area contributed by atoms with Crippen molar-refractivity contribution in [3.63, 3.8) is 0 Å². The molecule has 0 saturated heterocycles. The van der Waals surface area contributed by atoms with E-state index in [-0.39, 0.29) is 35.9 Å². The highest BCUT2D eigenvalue weighted by Crippen LogP contribution is 2.27. The zero-order chi connectivity index (χ0) is 22.6. The van der Waals surface area contributed by atoms with Crippen LogP contribution in [0.5, 0.6) is 5.88 Å². The third kappa shape index (κ3) is 5.22. The predicted molar refractivity (Wildman–Crippen MR) is 110 cm³/mol. The maximum Gasteiger partial charge on any atom is 0.272 e. The molecule has 0 N–H and O–H groups in total. The van der Waals surface area contributed by atoms with E-state index < -0.39 is 5.92 Å². The summed E-state index contributed by atoms with van der Waals surface area (Å²) in [5, 5.41) is 7.85.